The molecule has 1 fully saturated rings. The number of thiazole rings is 1. The van der Waals surface area contributed by atoms with Gasteiger partial charge in [-0.3, -0.25) is 0 Å². The van der Waals surface area contributed by atoms with Crippen LogP contribution in [0.15, 0.2) is 5.51 Å². The zero-order valence-corrected chi connectivity index (χ0v) is 11.0. The van der Waals surface area contributed by atoms with Crippen LogP contribution in [0.2, 0.25) is 0 Å². The van der Waals surface area contributed by atoms with E-state index in [1.807, 2.05) is 5.51 Å². The van der Waals surface area contributed by atoms with Crippen molar-refractivity contribution in [3.63, 3.8) is 0 Å². The molecule has 0 aliphatic carbocycles. The van der Waals surface area contributed by atoms with Gasteiger partial charge >= 0.3 is 0 Å². The first-order chi connectivity index (χ1) is 7.68. The molecule has 0 spiro atoms. The third kappa shape index (κ3) is 2.62. The van der Waals surface area contributed by atoms with Gasteiger partial charge in [-0.25, -0.2) is 4.98 Å². The fourth-order valence-electron chi connectivity index (χ4n) is 2.28. The van der Waals surface area contributed by atoms with Gasteiger partial charge in [0.25, 0.3) is 0 Å². The third-order valence-corrected chi connectivity index (χ3v) is 4.47. The Bertz CT molecular complexity index is 334. The predicted octanol–water partition coefficient (Wildman–Crippen LogP) is 2.53. The zero-order chi connectivity index (χ0) is 11.5. The van der Waals surface area contributed by atoms with Crippen molar-refractivity contribution in [2.75, 3.05) is 13.2 Å². The van der Waals surface area contributed by atoms with E-state index in [1.165, 1.54) is 11.3 Å². The summed E-state index contributed by atoms with van der Waals surface area (Å²) in [7, 11) is 0. The molecule has 4 heteroatoms. The first-order valence-corrected chi connectivity index (χ1v) is 6.80. The van der Waals surface area contributed by atoms with Crippen molar-refractivity contribution in [3.8, 4) is 0 Å². The molecule has 0 amide bonds. The summed E-state index contributed by atoms with van der Waals surface area (Å²) in [6.07, 6.45) is 1.18. The largest absolute Gasteiger partial charge is 0.381 e. The lowest BCUT2D eigenvalue weighted by Gasteiger charge is -2.23. The lowest BCUT2D eigenvalue weighted by molar-refractivity contribution is 0.177. The van der Waals surface area contributed by atoms with Crippen LogP contribution in [0.1, 0.15) is 36.9 Å². The number of aryl methyl sites for hydroxylation is 1. The van der Waals surface area contributed by atoms with E-state index >= 15 is 0 Å². The highest BCUT2D eigenvalue weighted by Gasteiger charge is 2.24. The number of ether oxygens (including phenoxy) is 1. The zero-order valence-electron chi connectivity index (χ0n) is 10.2. The lowest BCUT2D eigenvalue weighted by atomic mass is 10.00. The van der Waals surface area contributed by atoms with Crippen LogP contribution >= 0.6 is 11.3 Å². The van der Waals surface area contributed by atoms with Gasteiger partial charge in [-0.05, 0) is 33.1 Å². The Morgan fingerprint density at radius 1 is 1.56 bits per heavy atom. The van der Waals surface area contributed by atoms with E-state index in [-0.39, 0.29) is 0 Å². The molecule has 1 aliphatic rings. The van der Waals surface area contributed by atoms with Gasteiger partial charge in [0.15, 0.2) is 0 Å². The maximum atomic E-state index is 5.42. The summed E-state index contributed by atoms with van der Waals surface area (Å²) in [5, 5.41) is 3.66. The highest BCUT2D eigenvalue weighted by molar-refractivity contribution is 7.09. The second kappa shape index (κ2) is 5.25. The van der Waals surface area contributed by atoms with E-state index in [0.29, 0.717) is 18.0 Å². The quantitative estimate of drug-likeness (QED) is 0.878. The second-order valence-corrected chi connectivity index (χ2v) is 5.49. The maximum absolute atomic E-state index is 5.42. The van der Waals surface area contributed by atoms with Crippen LogP contribution in [0.3, 0.4) is 0 Å². The Kier molecular flexibility index (Phi) is 3.95. The minimum Gasteiger partial charge on any atom is -0.381 e. The molecule has 0 radical (unpaired) electrons. The van der Waals surface area contributed by atoms with Crippen molar-refractivity contribution in [2.45, 2.75) is 39.3 Å². The standard InChI is InChI=1S/C12H20N2OS/c1-8(11-4-5-15-6-11)14-10(3)12-9(2)13-7-16-12/h7-8,10-11,14H,4-6H2,1-3H3. The highest BCUT2D eigenvalue weighted by atomic mass is 32.1. The van der Waals surface area contributed by atoms with Crippen molar-refractivity contribution in [1.29, 1.82) is 0 Å². The number of nitrogens with one attached hydrogen (secondary N) is 1. The highest BCUT2D eigenvalue weighted by Crippen LogP contribution is 2.24. The molecular weight excluding hydrogens is 220 g/mol. The van der Waals surface area contributed by atoms with Gasteiger partial charge in [0.2, 0.25) is 0 Å². The molecule has 0 aromatic carbocycles. The molecule has 90 valence electrons. The summed E-state index contributed by atoms with van der Waals surface area (Å²) in [4.78, 5) is 5.65. The summed E-state index contributed by atoms with van der Waals surface area (Å²) in [5.41, 5.74) is 3.08. The number of hydrogen-bond donors (Lipinski definition) is 1. The van der Waals surface area contributed by atoms with Gasteiger partial charge in [-0.2, -0.15) is 0 Å². The average Bonchev–Trinajstić information content (AvgIpc) is 2.86. The van der Waals surface area contributed by atoms with Crippen molar-refractivity contribution in [1.82, 2.24) is 10.3 Å². The van der Waals surface area contributed by atoms with Gasteiger partial charge in [0.05, 0.1) is 17.8 Å². The van der Waals surface area contributed by atoms with E-state index in [9.17, 15) is 0 Å². The number of rotatable bonds is 4. The Balaban J connectivity index is 1.91. The first-order valence-electron chi connectivity index (χ1n) is 5.92. The predicted molar refractivity (Wildman–Crippen MR) is 66.8 cm³/mol. The average molecular weight is 240 g/mol. The molecule has 16 heavy (non-hydrogen) atoms. The summed E-state index contributed by atoms with van der Waals surface area (Å²) in [6.45, 7) is 8.37. The molecular formula is C12H20N2OS. The molecule has 3 atom stereocenters. The second-order valence-electron chi connectivity index (χ2n) is 4.60. The minimum atomic E-state index is 0.392. The SMILES string of the molecule is Cc1ncsc1C(C)NC(C)C1CCOC1. The van der Waals surface area contributed by atoms with Crippen LogP contribution in [-0.4, -0.2) is 24.2 Å². The topological polar surface area (TPSA) is 34.2 Å². The smallest absolute Gasteiger partial charge is 0.0798 e. The molecule has 0 bridgehead atoms. The molecule has 2 rings (SSSR count). The summed E-state index contributed by atoms with van der Waals surface area (Å²) < 4.78 is 5.42. The molecule has 1 aliphatic heterocycles. The molecule has 0 saturated carbocycles. The van der Waals surface area contributed by atoms with E-state index in [0.717, 1.165) is 18.9 Å². The van der Waals surface area contributed by atoms with Crippen molar-refractivity contribution < 1.29 is 4.74 Å². The van der Waals surface area contributed by atoms with Crippen molar-refractivity contribution in [3.05, 3.63) is 16.1 Å². The molecule has 3 unspecified atom stereocenters. The normalized spacial score (nSPS) is 24.6. The van der Waals surface area contributed by atoms with Crippen LogP contribution in [0.25, 0.3) is 0 Å². The van der Waals surface area contributed by atoms with E-state index in [4.69, 9.17) is 4.74 Å². The van der Waals surface area contributed by atoms with Crippen LogP contribution < -0.4 is 5.32 Å². The summed E-state index contributed by atoms with van der Waals surface area (Å²) in [5.74, 6) is 0.663. The van der Waals surface area contributed by atoms with Crippen LogP contribution in [-0.2, 0) is 4.74 Å². The first kappa shape index (κ1) is 12.0. The van der Waals surface area contributed by atoms with Crippen molar-refractivity contribution in [2.24, 2.45) is 5.92 Å². The van der Waals surface area contributed by atoms with Gasteiger partial charge < -0.3 is 10.1 Å². The number of nitrogens with zero attached hydrogens (tertiary/aromatic N) is 1. The molecule has 3 nitrogen and oxygen atoms in total. The maximum Gasteiger partial charge on any atom is 0.0798 e. The monoisotopic (exact) mass is 240 g/mol. The van der Waals surface area contributed by atoms with Crippen molar-refractivity contribution >= 4 is 11.3 Å². The molecule has 1 aromatic heterocycles. The fourth-order valence-corrected chi connectivity index (χ4v) is 3.10. The number of aromatic nitrogens is 1. The van der Waals surface area contributed by atoms with Gasteiger partial charge in [0, 0.05) is 23.6 Å². The van der Waals surface area contributed by atoms with E-state index in [2.05, 4.69) is 31.1 Å². The van der Waals surface area contributed by atoms with Crippen LogP contribution in [0.5, 0.6) is 0 Å². The molecule has 2 heterocycles. The van der Waals surface area contributed by atoms with E-state index in [1.54, 1.807) is 11.3 Å². The summed E-state index contributed by atoms with van der Waals surface area (Å²) >= 11 is 1.74. The minimum absolute atomic E-state index is 0.392. The lowest BCUT2D eigenvalue weighted by Crippen LogP contribution is -2.35. The number of hydrogen-bond acceptors (Lipinski definition) is 4. The summed E-state index contributed by atoms with van der Waals surface area (Å²) in [6, 6.07) is 0.905. The van der Waals surface area contributed by atoms with Crippen LogP contribution in [0, 0.1) is 12.8 Å². The van der Waals surface area contributed by atoms with Gasteiger partial charge in [0.1, 0.15) is 0 Å². The van der Waals surface area contributed by atoms with Crippen LogP contribution in [0.4, 0.5) is 0 Å². The Morgan fingerprint density at radius 2 is 2.38 bits per heavy atom. The molecule has 1 N–H and O–H groups in total. The Labute approximate surface area is 101 Å². The van der Waals surface area contributed by atoms with E-state index < -0.39 is 0 Å². The third-order valence-electron chi connectivity index (χ3n) is 3.36. The van der Waals surface area contributed by atoms with Gasteiger partial charge in [-0.1, -0.05) is 0 Å². The van der Waals surface area contributed by atoms with Gasteiger partial charge in [-0.15, -0.1) is 11.3 Å². The molecule has 1 aromatic rings. The molecule has 1 saturated heterocycles. The Morgan fingerprint density at radius 3 is 2.94 bits per heavy atom. The Hall–Kier alpha value is -0.450. The fraction of sp³-hybridized carbons (Fsp3) is 0.750.